The molecule has 4 rings (SSSR count). The van der Waals surface area contributed by atoms with E-state index in [0.29, 0.717) is 30.8 Å². The molecule has 0 spiro atoms. The molecule has 2 atom stereocenters. The average molecular weight is 462 g/mol. The van der Waals surface area contributed by atoms with Crippen LogP contribution in [-0.2, 0) is 21.4 Å². The van der Waals surface area contributed by atoms with Gasteiger partial charge in [-0.1, -0.05) is 25.1 Å². The van der Waals surface area contributed by atoms with E-state index in [2.05, 4.69) is 10.1 Å². The fourth-order valence-corrected chi connectivity index (χ4v) is 6.12. The Balaban J connectivity index is 1.44. The minimum absolute atomic E-state index is 0.0857. The van der Waals surface area contributed by atoms with Gasteiger partial charge in [-0.2, -0.15) is 20.6 Å². The Morgan fingerprint density at radius 3 is 2.74 bits per heavy atom. The number of piperidine rings is 1. The van der Waals surface area contributed by atoms with Crippen LogP contribution < -0.4 is 0 Å². The molecule has 0 bridgehead atoms. The van der Waals surface area contributed by atoms with E-state index in [1.54, 1.807) is 6.07 Å². The SMILES string of the molecule is C[C@@H]1C[C@H](C)CN(S(=O)(=O)c2cccc(C(=O)OCc3noc(-c4ccsc4)n3)c2)C1. The van der Waals surface area contributed by atoms with Crippen molar-refractivity contribution in [2.24, 2.45) is 11.8 Å². The van der Waals surface area contributed by atoms with Crippen molar-refractivity contribution in [3.05, 3.63) is 52.5 Å². The number of hydrogen-bond donors (Lipinski definition) is 0. The highest BCUT2D eigenvalue weighted by Gasteiger charge is 2.32. The van der Waals surface area contributed by atoms with Crippen molar-refractivity contribution in [1.29, 1.82) is 0 Å². The molecular weight excluding hydrogens is 438 g/mol. The third-order valence-electron chi connectivity index (χ3n) is 5.11. The molecule has 1 aliphatic heterocycles. The molecule has 1 aliphatic rings. The first-order valence-corrected chi connectivity index (χ1v) is 12.3. The summed E-state index contributed by atoms with van der Waals surface area (Å²) in [6, 6.07) is 7.78. The Kier molecular flexibility index (Phi) is 6.22. The maximum atomic E-state index is 13.1. The van der Waals surface area contributed by atoms with Gasteiger partial charge >= 0.3 is 5.97 Å². The third-order valence-corrected chi connectivity index (χ3v) is 7.62. The highest BCUT2D eigenvalue weighted by Crippen LogP contribution is 2.27. The number of nitrogens with zero attached hydrogens (tertiary/aromatic N) is 3. The molecule has 3 aromatic rings. The van der Waals surface area contributed by atoms with Gasteiger partial charge in [0.1, 0.15) is 0 Å². The molecule has 2 aromatic heterocycles. The van der Waals surface area contributed by atoms with Gasteiger partial charge in [0.2, 0.25) is 15.8 Å². The lowest BCUT2D eigenvalue weighted by Crippen LogP contribution is -2.42. The van der Waals surface area contributed by atoms with Crippen molar-refractivity contribution in [3.8, 4) is 11.5 Å². The van der Waals surface area contributed by atoms with Crippen molar-refractivity contribution in [1.82, 2.24) is 14.4 Å². The standard InChI is InChI=1S/C21H23N3O5S2/c1-14-8-15(2)11-24(10-14)31(26,27)18-5-3-4-16(9-18)21(25)28-12-19-22-20(29-23-19)17-6-7-30-13-17/h3-7,9,13-15H,8,10-12H2,1-2H3/t14-,15+. The summed E-state index contributed by atoms with van der Waals surface area (Å²) >= 11 is 1.51. The van der Waals surface area contributed by atoms with Gasteiger partial charge in [0.05, 0.1) is 16.0 Å². The second-order valence-electron chi connectivity index (χ2n) is 7.90. The highest BCUT2D eigenvalue weighted by molar-refractivity contribution is 7.89. The van der Waals surface area contributed by atoms with E-state index >= 15 is 0 Å². The summed E-state index contributed by atoms with van der Waals surface area (Å²) in [4.78, 5) is 16.8. The lowest BCUT2D eigenvalue weighted by Gasteiger charge is -2.34. The molecule has 8 nitrogen and oxygen atoms in total. The van der Waals surface area contributed by atoms with Crippen LogP contribution in [0, 0.1) is 11.8 Å². The van der Waals surface area contributed by atoms with Crippen molar-refractivity contribution >= 4 is 27.3 Å². The molecule has 0 radical (unpaired) electrons. The molecule has 31 heavy (non-hydrogen) atoms. The lowest BCUT2D eigenvalue weighted by atomic mass is 9.94. The third kappa shape index (κ3) is 4.86. The summed E-state index contributed by atoms with van der Waals surface area (Å²) in [6.45, 7) is 4.88. The monoisotopic (exact) mass is 461 g/mol. The quantitative estimate of drug-likeness (QED) is 0.514. The maximum Gasteiger partial charge on any atom is 0.338 e. The van der Waals surface area contributed by atoms with E-state index in [0.717, 1.165) is 12.0 Å². The lowest BCUT2D eigenvalue weighted by molar-refractivity contribution is 0.0459. The van der Waals surface area contributed by atoms with Gasteiger partial charge in [0.25, 0.3) is 5.89 Å². The molecule has 0 N–H and O–H groups in total. The number of thiophene rings is 1. The van der Waals surface area contributed by atoms with E-state index in [1.165, 1.54) is 33.8 Å². The van der Waals surface area contributed by atoms with Crippen LogP contribution in [0.3, 0.4) is 0 Å². The number of aromatic nitrogens is 2. The van der Waals surface area contributed by atoms with Crippen LogP contribution in [0.2, 0.25) is 0 Å². The Hall–Kier alpha value is -2.56. The Labute approximate surface area is 184 Å². The van der Waals surface area contributed by atoms with Crippen LogP contribution in [-0.4, -0.2) is 41.9 Å². The number of esters is 1. The summed E-state index contributed by atoms with van der Waals surface area (Å²) in [5.74, 6) is 0.514. The van der Waals surface area contributed by atoms with Crippen LogP contribution in [0.5, 0.6) is 0 Å². The minimum atomic E-state index is -3.69. The molecule has 164 valence electrons. The minimum Gasteiger partial charge on any atom is -0.454 e. The van der Waals surface area contributed by atoms with Crippen LogP contribution in [0.25, 0.3) is 11.5 Å². The fraction of sp³-hybridized carbons (Fsp3) is 0.381. The van der Waals surface area contributed by atoms with Gasteiger partial charge in [-0.3, -0.25) is 0 Å². The number of rotatable bonds is 6. The fourth-order valence-electron chi connectivity index (χ4n) is 3.76. The molecule has 0 saturated carbocycles. The second kappa shape index (κ2) is 8.89. The molecule has 10 heteroatoms. The highest BCUT2D eigenvalue weighted by atomic mass is 32.2. The van der Waals surface area contributed by atoms with Crippen molar-refractivity contribution in [2.45, 2.75) is 31.8 Å². The first-order valence-electron chi connectivity index (χ1n) is 9.95. The summed E-state index contributed by atoms with van der Waals surface area (Å²) in [7, 11) is -3.69. The van der Waals surface area contributed by atoms with Gasteiger partial charge in [-0.15, -0.1) is 0 Å². The molecule has 1 saturated heterocycles. The van der Waals surface area contributed by atoms with Crippen molar-refractivity contribution < 1.29 is 22.5 Å². The smallest absolute Gasteiger partial charge is 0.338 e. The number of carbonyl (C=O) groups is 1. The molecule has 3 heterocycles. The number of hydrogen-bond acceptors (Lipinski definition) is 8. The van der Waals surface area contributed by atoms with Gasteiger partial charge < -0.3 is 9.26 Å². The summed E-state index contributed by atoms with van der Waals surface area (Å²) in [5.41, 5.74) is 0.954. The zero-order chi connectivity index (χ0) is 22.0. The maximum absolute atomic E-state index is 13.1. The number of carbonyl (C=O) groups excluding carboxylic acids is 1. The van der Waals surface area contributed by atoms with Gasteiger partial charge in [-0.25, -0.2) is 13.2 Å². The van der Waals surface area contributed by atoms with Crippen molar-refractivity contribution in [3.63, 3.8) is 0 Å². The first kappa shape index (κ1) is 21.7. The molecule has 1 fully saturated rings. The molecule has 0 amide bonds. The van der Waals surface area contributed by atoms with E-state index in [9.17, 15) is 13.2 Å². The van der Waals surface area contributed by atoms with Crippen LogP contribution in [0.15, 0.2) is 50.5 Å². The van der Waals surface area contributed by atoms with Gasteiger partial charge in [-0.05, 0) is 47.9 Å². The Morgan fingerprint density at radius 1 is 1.26 bits per heavy atom. The van der Waals surface area contributed by atoms with Crippen LogP contribution >= 0.6 is 11.3 Å². The van der Waals surface area contributed by atoms with Crippen molar-refractivity contribution in [2.75, 3.05) is 13.1 Å². The normalized spacial score (nSPS) is 19.9. The Morgan fingerprint density at radius 2 is 2.03 bits per heavy atom. The zero-order valence-corrected chi connectivity index (χ0v) is 18.9. The number of ether oxygens (including phenoxy) is 1. The van der Waals surface area contributed by atoms with Gasteiger partial charge in [0.15, 0.2) is 6.61 Å². The van der Waals surface area contributed by atoms with E-state index < -0.39 is 16.0 Å². The number of sulfonamides is 1. The molecule has 0 unspecified atom stereocenters. The first-order chi connectivity index (χ1) is 14.8. The largest absolute Gasteiger partial charge is 0.454 e. The molecular formula is C21H23N3O5S2. The average Bonchev–Trinajstić information content (AvgIpc) is 3.43. The second-order valence-corrected chi connectivity index (χ2v) is 10.6. The summed E-state index contributed by atoms with van der Waals surface area (Å²) in [5, 5.41) is 7.58. The topological polar surface area (TPSA) is 103 Å². The van der Waals surface area contributed by atoms with E-state index in [-0.39, 0.29) is 22.9 Å². The molecule has 0 aliphatic carbocycles. The van der Waals surface area contributed by atoms with Gasteiger partial charge in [0, 0.05) is 18.5 Å². The predicted molar refractivity (Wildman–Crippen MR) is 115 cm³/mol. The van der Waals surface area contributed by atoms with Crippen LogP contribution in [0.1, 0.15) is 36.5 Å². The van der Waals surface area contributed by atoms with E-state index in [4.69, 9.17) is 9.26 Å². The van der Waals surface area contributed by atoms with Crippen LogP contribution in [0.4, 0.5) is 0 Å². The summed E-state index contributed by atoms with van der Waals surface area (Å²) < 4.78 is 38.1. The molecule has 1 aromatic carbocycles. The van der Waals surface area contributed by atoms with E-state index in [1.807, 2.05) is 30.7 Å². The zero-order valence-electron chi connectivity index (χ0n) is 17.2. The Bertz CT molecular complexity index is 1150. The number of benzene rings is 1. The summed E-state index contributed by atoms with van der Waals surface area (Å²) in [6.07, 6.45) is 1.00. The predicted octanol–water partition coefficient (Wildman–Crippen LogP) is 3.82.